The molecule has 2 rings (SSSR count). The van der Waals surface area contributed by atoms with E-state index in [4.69, 9.17) is 0 Å². The minimum Gasteiger partial charge on any atom is -0.508 e. The molecule has 1 aromatic rings. The van der Waals surface area contributed by atoms with Crippen LogP contribution in [0, 0.1) is 0 Å². The first kappa shape index (κ1) is 12.9. The summed E-state index contributed by atoms with van der Waals surface area (Å²) >= 11 is 0. The van der Waals surface area contributed by atoms with Gasteiger partial charge in [0.05, 0.1) is 6.42 Å². The summed E-state index contributed by atoms with van der Waals surface area (Å²) < 4.78 is 0. The molecule has 1 aliphatic heterocycles. The summed E-state index contributed by atoms with van der Waals surface area (Å²) in [5.74, 6) is 0.368. The van der Waals surface area contributed by atoms with Crippen molar-refractivity contribution < 1.29 is 9.90 Å². The van der Waals surface area contributed by atoms with Crippen LogP contribution < -0.4 is 0 Å². The molecule has 1 amide bonds. The highest BCUT2D eigenvalue weighted by Gasteiger charge is 2.20. The Morgan fingerprint density at radius 3 is 2.61 bits per heavy atom. The standard InChI is InChI=1S/C14H20N2O2/c1-2-15-6-8-16(9-7-15)14(18)11-12-4-3-5-13(17)10-12/h3-5,10,17H,2,6-9,11H2,1H3. The number of hydrogen-bond donors (Lipinski definition) is 1. The lowest BCUT2D eigenvalue weighted by molar-refractivity contribution is -0.132. The smallest absolute Gasteiger partial charge is 0.227 e. The number of nitrogens with zero attached hydrogens (tertiary/aromatic N) is 2. The molecule has 0 spiro atoms. The summed E-state index contributed by atoms with van der Waals surface area (Å²) in [6.07, 6.45) is 0.376. The maximum atomic E-state index is 12.1. The zero-order valence-corrected chi connectivity index (χ0v) is 10.8. The minimum atomic E-state index is 0.149. The second-order valence-corrected chi connectivity index (χ2v) is 4.66. The lowest BCUT2D eigenvalue weighted by Gasteiger charge is -2.34. The highest BCUT2D eigenvalue weighted by atomic mass is 16.3. The van der Waals surface area contributed by atoms with Gasteiger partial charge >= 0.3 is 0 Å². The molecule has 0 atom stereocenters. The molecule has 1 aromatic carbocycles. The third-order valence-corrected chi connectivity index (χ3v) is 3.44. The first-order valence-corrected chi connectivity index (χ1v) is 6.47. The number of phenols is 1. The number of benzene rings is 1. The molecule has 1 aliphatic rings. The van der Waals surface area contributed by atoms with Crippen molar-refractivity contribution in [3.05, 3.63) is 29.8 Å². The Morgan fingerprint density at radius 2 is 2.00 bits per heavy atom. The number of carbonyl (C=O) groups excluding carboxylic acids is 1. The minimum absolute atomic E-state index is 0.149. The van der Waals surface area contributed by atoms with Crippen molar-refractivity contribution in [1.82, 2.24) is 9.80 Å². The molecule has 1 fully saturated rings. The Balaban J connectivity index is 1.89. The average molecular weight is 248 g/mol. The van der Waals surface area contributed by atoms with Gasteiger partial charge < -0.3 is 14.9 Å². The Morgan fingerprint density at radius 1 is 1.28 bits per heavy atom. The molecule has 0 aromatic heterocycles. The van der Waals surface area contributed by atoms with Gasteiger partial charge in [-0.3, -0.25) is 4.79 Å². The molecule has 0 aliphatic carbocycles. The number of amides is 1. The van der Waals surface area contributed by atoms with Gasteiger partial charge in [-0.2, -0.15) is 0 Å². The fourth-order valence-corrected chi connectivity index (χ4v) is 2.27. The maximum absolute atomic E-state index is 12.1. The van der Waals surface area contributed by atoms with Crippen molar-refractivity contribution >= 4 is 5.91 Å². The Kier molecular flexibility index (Phi) is 4.20. The molecule has 0 saturated carbocycles. The number of carbonyl (C=O) groups is 1. The fraction of sp³-hybridized carbons (Fsp3) is 0.500. The molecule has 18 heavy (non-hydrogen) atoms. The number of piperazine rings is 1. The van der Waals surface area contributed by atoms with E-state index in [1.807, 2.05) is 11.0 Å². The van der Waals surface area contributed by atoms with Crippen LogP contribution in [0.15, 0.2) is 24.3 Å². The van der Waals surface area contributed by atoms with E-state index in [2.05, 4.69) is 11.8 Å². The molecule has 1 saturated heterocycles. The van der Waals surface area contributed by atoms with Crippen LogP contribution in [0.25, 0.3) is 0 Å². The van der Waals surface area contributed by atoms with Gasteiger partial charge in [-0.15, -0.1) is 0 Å². The van der Waals surface area contributed by atoms with Crippen molar-refractivity contribution in [3.8, 4) is 5.75 Å². The van der Waals surface area contributed by atoms with Gasteiger partial charge in [0.1, 0.15) is 5.75 Å². The lowest BCUT2D eigenvalue weighted by Crippen LogP contribution is -2.48. The van der Waals surface area contributed by atoms with Crippen molar-refractivity contribution in [2.24, 2.45) is 0 Å². The molecule has 1 N–H and O–H groups in total. The number of likely N-dealkylation sites (N-methyl/N-ethyl adjacent to an activating group) is 1. The van der Waals surface area contributed by atoms with Crippen molar-refractivity contribution in [1.29, 1.82) is 0 Å². The van der Waals surface area contributed by atoms with E-state index < -0.39 is 0 Å². The zero-order chi connectivity index (χ0) is 13.0. The van der Waals surface area contributed by atoms with Crippen LogP contribution in [-0.4, -0.2) is 53.5 Å². The van der Waals surface area contributed by atoms with E-state index in [1.165, 1.54) is 0 Å². The number of phenolic OH excluding ortho intramolecular Hbond substituents is 1. The van der Waals surface area contributed by atoms with E-state index in [0.717, 1.165) is 38.3 Å². The van der Waals surface area contributed by atoms with Gasteiger partial charge in [0.2, 0.25) is 5.91 Å². The van der Waals surface area contributed by atoms with Gasteiger partial charge in [0.15, 0.2) is 0 Å². The molecule has 1 heterocycles. The van der Waals surface area contributed by atoms with Gasteiger partial charge in [0, 0.05) is 26.2 Å². The summed E-state index contributed by atoms with van der Waals surface area (Å²) in [5, 5.41) is 9.37. The van der Waals surface area contributed by atoms with Gasteiger partial charge in [-0.1, -0.05) is 19.1 Å². The van der Waals surface area contributed by atoms with Gasteiger partial charge in [0.25, 0.3) is 0 Å². The monoisotopic (exact) mass is 248 g/mol. The number of rotatable bonds is 3. The van der Waals surface area contributed by atoms with Crippen molar-refractivity contribution in [2.75, 3.05) is 32.7 Å². The number of hydrogen-bond acceptors (Lipinski definition) is 3. The third kappa shape index (κ3) is 3.23. The second-order valence-electron chi connectivity index (χ2n) is 4.66. The largest absolute Gasteiger partial charge is 0.508 e. The molecule has 4 nitrogen and oxygen atoms in total. The van der Waals surface area contributed by atoms with Gasteiger partial charge in [-0.05, 0) is 24.2 Å². The summed E-state index contributed by atoms with van der Waals surface area (Å²) in [6, 6.07) is 6.92. The fourth-order valence-electron chi connectivity index (χ4n) is 2.27. The predicted octanol–water partition coefficient (Wildman–Crippen LogP) is 1.10. The van der Waals surface area contributed by atoms with Crippen LogP contribution in [0.4, 0.5) is 0 Å². The van der Waals surface area contributed by atoms with Gasteiger partial charge in [-0.25, -0.2) is 0 Å². The molecule has 98 valence electrons. The zero-order valence-electron chi connectivity index (χ0n) is 10.8. The van der Waals surface area contributed by atoms with E-state index in [0.29, 0.717) is 6.42 Å². The summed E-state index contributed by atoms with van der Waals surface area (Å²) in [4.78, 5) is 16.4. The quantitative estimate of drug-likeness (QED) is 0.871. The normalized spacial score (nSPS) is 16.8. The highest BCUT2D eigenvalue weighted by Crippen LogP contribution is 2.13. The van der Waals surface area contributed by atoms with E-state index >= 15 is 0 Å². The van der Waals surface area contributed by atoms with Crippen LogP contribution >= 0.6 is 0 Å². The van der Waals surface area contributed by atoms with E-state index in [1.54, 1.807) is 18.2 Å². The maximum Gasteiger partial charge on any atom is 0.227 e. The topological polar surface area (TPSA) is 43.8 Å². The summed E-state index contributed by atoms with van der Waals surface area (Å²) in [5.41, 5.74) is 0.873. The molecule has 4 heteroatoms. The Bertz CT molecular complexity index is 412. The van der Waals surface area contributed by atoms with Crippen LogP contribution in [0.5, 0.6) is 5.75 Å². The van der Waals surface area contributed by atoms with Crippen LogP contribution in [0.1, 0.15) is 12.5 Å². The third-order valence-electron chi connectivity index (χ3n) is 3.44. The lowest BCUT2D eigenvalue weighted by atomic mass is 10.1. The van der Waals surface area contributed by atoms with Crippen LogP contribution in [0.2, 0.25) is 0 Å². The Labute approximate surface area is 108 Å². The van der Waals surface area contributed by atoms with Crippen molar-refractivity contribution in [2.45, 2.75) is 13.3 Å². The first-order chi connectivity index (χ1) is 8.69. The molecule has 0 unspecified atom stereocenters. The molecule has 0 bridgehead atoms. The number of aromatic hydroxyl groups is 1. The predicted molar refractivity (Wildman–Crippen MR) is 70.5 cm³/mol. The molecule has 0 radical (unpaired) electrons. The summed E-state index contributed by atoms with van der Waals surface area (Å²) in [6.45, 7) is 6.74. The van der Waals surface area contributed by atoms with Crippen LogP contribution in [0.3, 0.4) is 0 Å². The van der Waals surface area contributed by atoms with E-state index in [9.17, 15) is 9.90 Å². The SMILES string of the molecule is CCN1CCN(C(=O)Cc2cccc(O)c2)CC1. The Hall–Kier alpha value is -1.55. The highest BCUT2D eigenvalue weighted by molar-refractivity contribution is 5.79. The first-order valence-electron chi connectivity index (χ1n) is 6.47. The van der Waals surface area contributed by atoms with Crippen LogP contribution in [-0.2, 0) is 11.2 Å². The summed E-state index contributed by atoms with van der Waals surface area (Å²) in [7, 11) is 0. The van der Waals surface area contributed by atoms with Crippen molar-refractivity contribution in [3.63, 3.8) is 0 Å². The van der Waals surface area contributed by atoms with E-state index in [-0.39, 0.29) is 11.7 Å². The molecular weight excluding hydrogens is 228 g/mol. The molecular formula is C14H20N2O2. The second kappa shape index (κ2) is 5.87. The average Bonchev–Trinajstić information content (AvgIpc) is 2.39.